The molecule has 2 aliphatic rings. The summed E-state index contributed by atoms with van der Waals surface area (Å²) >= 11 is 0. The number of benzene rings is 2. The third-order valence-electron chi connectivity index (χ3n) is 5.96. The number of likely N-dealkylation sites (N-methyl/N-ethyl adjacent to an activating group) is 1. The van der Waals surface area contributed by atoms with E-state index in [4.69, 9.17) is 19.9 Å². The fraction of sp³-hybridized carbons (Fsp3) is 0.269. The van der Waals surface area contributed by atoms with Gasteiger partial charge in [-0.15, -0.1) is 0 Å². The summed E-state index contributed by atoms with van der Waals surface area (Å²) < 4.78 is 16.7. The third-order valence-corrected chi connectivity index (χ3v) is 5.96. The zero-order valence-corrected chi connectivity index (χ0v) is 18.6. The van der Waals surface area contributed by atoms with Gasteiger partial charge in [0.1, 0.15) is 28.9 Å². The van der Waals surface area contributed by atoms with Crippen LogP contribution in [-0.4, -0.2) is 38.8 Å². The molecule has 0 saturated carbocycles. The number of hydrogen-bond donors (Lipinski definition) is 1. The van der Waals surface area contributed by atoms with Crippen LogP contribution < -0.4 is 15.2 Å². The molecule has 32 heavy (non-hydrogen) atoms. The molecule has 0 unspecified atom stereocenters. The minimum atomic E-state index is -0.261. The Labute approximate surface area is 188 Å². The normalized spacial score (nSPS) is 19.9. The lowest BCUT2D eigenvalue weighted by molar-refractivity contribution is 0.239. The van der Waals surface area contributed by atoms with Crippen molar-refractivity contribution >= 4 is 6.08 Å². The Morgan fingerprint density at radius 2 is 1.69 bits per heavy atom. The van der Waals surface area contributed by atoms with E-state index in [0.717, 1.165) is 52.6 Å². The first-order valence-electron chi connectivity index (χ1n) is 10.6. The predicted molar refractivity (Wildman–Crippen MR) is 124 cm³/mol. The summed E-state index contributed by atoms with van der Waals surface area (Å²) in [7, 11) is 3.29. The van der Waals surface area contributed by atoms with Gasteiger partial charge in [0.25, 0.3) is 0 Å². The van der Waals surface area contributed by atoms with Gasteiger partial charge >= 0.3 is 0 Å². The zero-order valence-electron chi connectivity index (χ0n) is 18.6. The van der Waals surface area contributed by atoms with Crippen LogP contribution in [0.1, 0.15) is 24.0 Å². The van der Waals surface area contributed by atoms with Crippen LogP contribution in [0.3, 0.4) is 0 Å². The van der Waals surface area contributed by atoms with Gasteiger partial charge in [-0.05, 0) is 53.6 Å². The number of hydrogen-bond acceptors (Lipinski definition) is 6. The Hall–Kier alpha value is -3.69. The summed E-state index contributed by atoms with van der Waals surface area (Å²) in [5, 5.41) is 9.90. The van der Waals surface area contributed by atoms with E-state index < -0.39 is 0 Å². The monoisotopic (exact) mass is 429 g/mol. The number of allylic oxidation sites excluding steroid dienone is 1. The van der Waals surface area contributed by atoms with Crippen LogP contribution >= 0.6 is 0 Å². The lowest BCUT2D eigenvalue weighted by Gasteiger charge is -2.38. The van der Waals surface area contributed by atoms with Crippen LogP contribution in [0, 0.1) is 11.3 Å². The number of ether oxygens (including phenoxy) is 3. The van der Waals surface area contributed by atoms with Crippen molar-refractivity contribution in [3.05, 3.63) is 88.0 Å². The minimum Gasteiger partial charge on any atom is -0.497 e. The Kier molecular flexibility index (Phi) is 6.20. The van der Waals surface area contributed by atoms with E-state index in [2.05, 4.69) is 24.0 Å². The van der Waals surface area contributed by atoms with Gasteiger partial charge in [0.2, 0.25) is 5.88 Å². The maximum atomic E-state index is 9.90. The van der Waals surface area contributed by atoms with E-state index >= 15 is 0 Å². The highest BCUT2D eigenvalue weighted by molar-refractivity contribution is 5.63. The molecule has 4 rings (SSSR count). The average Bonchev–Trinajstić information content (AvgIpc) is 2.84. The van der Waals surface area contributed by atoms with Crippen molar-refractivity contribution in [2.75, 3.05) is 33.9 Å². The molecule has 0 fully saturated rings. The molecular weight excluding hydrogens is 402 g/mol. The summed E-state index contributed by atoms with van der Waals surface area (Å²) in [6, 6.07) is 18.0. The minimum absolute atomic E-state index is 0.164. The molecule has 2 aromatic rings. The topological polar surface area (TPSA) is 80.7 Å². The van der Waals surface area contributed by atoms with Crippen molar-refractivity contribution in [2.45, 2.75) is 12.8 Å². The average molecular weight is 430 g/mol. The summed E-state index contributed by atoms with van der Waals surface area (Å²) in [5.41, 5.74) is 10.8. The first-order valence-corrected chi connectivity index (χ1v) is 10.6. The summed E-state index contributed by atoms with van der Waals surface area (Å²) in [6.07, 6.45) is 2.12. The fourth-order valence-electron chi connectivity index (χ4n) is 4.24. The van der Waals surface area contributed by atoms with Gasteiger partial charge in [0, 0.05) is 18.7 Å². The summed E-state index contributed by atoms with van der Waals surface area (Å²) in [4.78, 5) is 2.34. The first kappa shape index (κ1) is 21.5. The van der Waals surface area contributed by atoms with Crippen molar-refractivity contribution in [1.29, 1.82) is 5.26 Å². The molecule has 0 aromatic heterocycles. The van der Waals surface area contributed by atoms with Gasteiger partial charge in [-0.25, -0.2) is 0 Å². The van der Waals surface area contributed by atoms with E-state index in [9.17, 15) is 5.26 Å². The smallest absolute Gasteiger partial charge is 0.205 e. The third kappa shape index (κ3) is 4.08. The van der Waals surface area contributed by atoms with Crippen LogP contribution in [-0.2, 0) is 4.74 Å². The SMILES string of the molecule is CCN1CC2=C(OC(N)=C(C#N)[C@@H]2c2ccc(OC)cc2)/C(=C\c2ccc(OC)cc2)C1. The van der Waals surface area contributed by atoms with Gasteiger partial charge in [0.15, 0.2) is 0 Å². The van der Waals surface area contributed by atoms with Crippen LogP contribution in [0.5, 0.6) is 11.5 Å². The summed E-state index contributed by atoms with van der Waals surface area (Å²) in [6.45, 7) is 4.47. The fourth-order valence-corrected chi connectivity index (χ4v) is 4.24. The van der Waals surface area contributed by atoms with Crippen LogP contribution in [0.4, 0.5) is 0 Å². The molecule has 0 amide bonds. The molecule has 2 heterocycles. The molecule has 2 N–H and O–H groups in total. The summed E-state index contributed by atoms with van der Waals surface area (Å²) in [5.74, 6) is 2.25. The van der Waals surface area contributed by atoms with Gasteiger partial charge in [-0.2, -0.15) is 5.26 Å². The molecule has 6 heteroatoms. The second-order valence-corrected chi connectivity index (χ2v) is 7.80. The standard InChI is InChI=1S/C26H27N3O3/c1-4-29-15-19(13-17-5-9-20(30-2)10-6-17)25-23(16-29)24(22(14-27)26(28)32-25)18-7-11-21(31-3)12-8-18/h5-13,24H,4,15-16,28H2,1-3H3/b19-13-/t24-/m0/s1. The lowest BCUT2D eigenvalue weighted by Crippen LogP contribution is -2.38. The Bertz CT molecular complexity index is 1120. The van der Waals surface area contributed by atoms with E-state index in [1.165, 1.54) is 0 Å². The molecular formula is C26H27N3O3. The molecule has 1 atom stereocenters. The van der Waals surface area contributed by atoms with E-state index in [-0.39, 0.29) is 11.8 Å². The van der Waals surface area contributed by atoms with Gasteiger partial charge in [0.05, 0.1) is 20.1 Å². The molecule has 0 bridgehead atoms. The van der Waals surface area contributed by atoms with Crippen LogP contribution in [0.15, 0.2) is 76.9 Å². The Balaban J connectivity index is 1.82. The van der Waals surface area contributed by atoms with E-state index in [1.54, 1.807) is 14.2 Å². The Morgan fingerprint density at radius 1 is 1.06 bits per heavy atom. The molecule has 0 radical (unpaired) electrons. The molecule has 0 spiro atoms. The van der Waals surface area contributed by atoms with Crippen molar-refractivity contribution in [3.8, 4) is 17.6 Å². The Morgan fingerprint density at radius 3 is 2.25 bits per heavy atom. The molecule has 164 valence electrons. The number of nitriles is 1. The zero-order chi connectivity index (χ0) is 22.7. The molecule has 0 saturated heterocycles. The first-order chi connectivity index (χ1) is 15.6. The highest BCUT2D eigenvalue weighted by Crippen LogP contribution is 2.44. The van der Waals surface area contributed by atoms with Crippen molar-refractivity contribution in [1.82, 2.24) is 4.90 Å². The second-order valence-electron chi connectivity index (χ2n) is 7.80. The van der Waals surface area contributed by atoms with E-state index in [1.807, 2.05) is 48.5 Å². The van der Waals surface area contributed by atoms with E-state index in [0.29, 0.717) is 12.1 Å². The predicted octanol–water partition coefficient (Wildman–Crippen LogP) is 4.18. The second kappa shape index (κ2) is 9.21. The molecule has 2 aromatic carbocycles. The number of methoxy groups -OCH3 is 2. The van der Waals surface area contributed by atoms with Gasteiger partial charge < -0.3 is 19.9 Å². The molecule has 6 nitrogen and oxygen atoms in total. The van der Waals surface area contributed by atoms with Gasteiger partial charge in [-0.3, -0.25) is 4.90 Å². The number of rotatable bonds is 5. The highest BCUT2D eigenvalue weighted by Gasteiger charge is 2.37. The van der Waals surface area contributed by atoms with Crippen LogP contribution in [0.2, 0.25) is 0 Å². The highest BCUT2D eigenvalue weighted by atomic mass is 16.5. The van der Waals surface area contributed by atoms with Crippen molar-refractivity contribution in [3.63, 3.8) is 0 Å². The van der Waals surface area contributed by atoms with Crippen molar-refractivity contribution in [2.24, 2.45) is 5.73 Å². The lowest BCUT2D eigenvalue weighted by atomic mass is 9.80. The maximum Gasteiger partial charge on any atom is 0.205 e. The number of nitrogens with two attached hydrogens (primary N) is 1. The van der Waals surface area contributed by atoms with Crippen LogP contribution in [0.25, 0.3) is 6.08 Å². The van der Waals surface area contributed by atoms with Crippen molar-refractivity contribution < 1.29 is 14.2 Å². The molecule has 2 aliphatic heterocycles. The largest absolute Gasteiger partial charge is 0.497 e. The quantitative estimate of drug-likeness (QED) is 0.768. The molecule has 0 aliphatic carbocycles. The van der Waals surface area contributed by atoms with Gasteiger partial charge in [-0.1, -0.05) is 31.2 Å². The maximum absolute atomic E-state index is 9.90. The number of nitrogens with zero attached hydrogens (tertiary/aromatic N) is 2.